The van der Waals surface area contributed by atoms with Crippen LogP contribution < -0.4 is 9.47 Å². The van der Waals surface area contributed by atoms with E-state index in [-0.39, 0.29) is 5.75 Å². The third-order valence-electron chi connectivity index (χ3n) is 2.86. The summed E-state index contributed by atoms with van der Waals surface area (Å²) in [6, 6.07) is 10.7. The quantitative estimate of drug-likeness (QED) is 0.480. The lowest BCUT2D eigenvalue weighted by Gasteiger charge is -2.08. The van der Waals surface area contributed by atoms with Gasteiger partial charge >= 0.3 is 11.9 Å². The Morgan fingerprint density at radius 2 is 1.57 bits per heavy atom. The summed E-state index contributed by atoms with van der Waals surface area (Å²) in [6.07, 6.45) is 2.00. The molecule has 0 N–H and O–H groups in total. The van der Waals surface area contributed by atoms with Crippen LogP contribution in [0.25, 0.3) is 11.1 Å². The molecule has 0 aliphatic rings. The van der Waals surface area contributed by atoms with Gasteiger partial charge in [0.1, 0.15) is 5.75 Å². The van der Waals surface area contributed by atoms with Crippen molar-refractivity contribution in [1.82, 2.24) is 0 Å². The van der Waals surface area contributed by atoms with Gasteiger partial charge in [0.05, 0.1) is 0 Å². The minimum Gasteiger partial charge on any atom is -0.423 e. The van der Waals surface area contributed by atoms with Gasteiger partial charge in [-0.05, 0) is 35.4 Å². The molecule has 0 saturated heterocycles. The fraction of sp³-hybridized carbons (Fsp3) is 0. The van der Waals surface area contributed by atoms with Crippen molar-refractivity contribution in [3.8, 4) is 22.6 Å². The molecule has 0 bridgehead atoms. The van der Waals surface area contributed by atoms with Crippen molar-refractivity contribution in [3.05, 3.63) is 73.6 Å². The van der Waals surface area contributed by atoms with Crippen LogP contribution in [-0.4, -0.2) is 11.9 Å². The van der Waals surface area contributed by atoms with Crippen molar-refractivity contribution in [1.29, 1.82) is 0 Å². The number of halogens is 1. The largest absolute Gasteiger partial charge is 0.423 e. The molecule has 2 rings (SSSR count). The van der Waals surface area contributed by atoms with Crippen LogP contribution in [0.4, 0.5) is 4.39 Å². The Bertz CT molecular complexity index is 780. The van der Waals surface area contributed by atoms with Crippen molar-refractivity contribution >= 4 is 11.9 Å². The fourth-order valence-electron chi connectivity index (χ4n) is 1.81. The molecule has 4 nitrogen and oxygen atoms in total. The molecule has 0 unspecified atom stereocenters. The molecule has 0 spiro atoms. The first kappa shape index (κ1) is 16.2. The molecule has 5 heteroatoms. The zero-order valence-corrected chi connectivity index (χ0v) is 12.1. The Labute approximate surface area is 132 Å². The molecule has 0 aromatic heterocycles. The highest BCUT2D eigenvalue weighted by atomic mass is 19.1. The lowest BCUT2D eigenvalue weighted by Crippen LogP contribution is -2.04. The predicted molar refractivity (Wildman–Crippen MR) is 83.5 cm³/mol. The highest BCUT2D eigenvalue weighted by Gasteiger charge is 2.10. The number of carbonyl (C=O) groups excluding carboxylic acids is 2. The third kappa shape index (κ3) is 4.14. The molecule has 2 aromatic rings. The topological polar surface area (TPSA) is 52.6 Å². The molecule has 0 aliphatic heterocycles. The molecule has 0 heterocycles. The second kappa shape index (κ2) is 7.17. The van der Waals surface area contributed by atoms with E-state index in [1.54, 1.807) is 30.3 Å². The first-order valence-corrected chi connectivity index (χ1v) is 6.62. The molecule has 2 aromatic carbocycles. The average molecular weight is 312 g/mol. The summed E-state index contributed by atoms with van der Waals surface area (Å²) >= 11 is 0. The zero-order valence-electron chi connectivity index (χ0n) is 12.1. The number of rotatable bonds is 5. The minimum atomic E-state index is -0.741. The van der Waals surface area contributed by atoms with Gasteiger partial charge < -0.3 is 9.47 Å². The molecule has 0 aliphatic carbocycles. The van der Waals surface area contributed by atoms with Gasteiger partial charge in [0, 0.05) is 12.2 Å². The number of hydrogen-bond acceptors (Lipinski definition) is 4. The summed E-state index contributed by atoms with van der Waals surface area (Å²) < 4.78 is 23.8. The second-order valence-electron chi connectivity index (χ2n) is 4.42. The van der Waals surface area contributed by atoms with E-state index in [4.69, 9.17) is 9.47 Å². The molecule has 0 amide bonds. The van der Waals surface area contributed by atoms with Gasteiger partial charge in [0.15, 0.2) is 11.6 Å². The van der Waals surface area contributed by atoms with E-state index < -0.39 is 17.8 Å². The third-order valence-corrected chi connectivity index (χ3v) is 2.86. The van der Waals surface area contributed by atoms with Crippen LogP contribution in [0.3, 0.4) is 0 Å². The predicted octanol–water partition coefficient (Wildman–Crippen LogP) is 3.68. The van der Waals surface area contributed by atoms with Crippen LogP contribution in [0.1, 0.15) is 0 Å². The number of carbonyl (C=O) groups is 2. The van der Waals surface area contributed by atoms with Crippen molar-refractivity contribution in [3.63, 3.8) is 0 Å². The molecule has 116 valence electrons. The Morgan fingerprint density at radius 3 is 2.22 bits per heavy atom. The molecule has 0 fully saturated rings. The minimum absolute atomic E-state index is 0.187. The fourth-order valence-corrected chi connectivity index (χ4v) is 1.81. The molecular weight excluding hydrogens is 299 g/mol. The molecular formula is C18H13FO4. The van der Waals surface area contributed by atoms with E-state index in [9.17, 15) is 14.0 Å². The van der Waals surface area contributed by atoms with Crippen LogP contribution >= 0.6 is 0 Å². The number of hydrogen-bond donors (Lipinski definition) is 0. The van der Waals surface area contributed by atoms with Gasteiger partial charge in [0.2, 0.25) is 0 Å². The monoisotopic (exact) mass is 312 g/mol. The van der Waals surface area contributed by atoms with E-state index in [1.807, 2.05) is 0 Å². The smallest absolute Gasteiger partial charge is 0.335 e. The highest BCUT2D eigenvalue weighted by molar-refractivity contribution is 5.84. The van der Waals surface area contributed by atoms with E-state index >= 15 is 0 Å². The molecule has 0 radical (unpaired) electrons. The van der Waals surface area contributed by atoms with Gasteiger partial charge in [0.25, 0.3) is 0 Å². The van der Waals surface area contributed by atoms with E-state index in [0.29, 0.717) is 16.9 Å². The maximum atomic E-state index is 14.0. The highest BCUT2D eigenvalue weighted by Crippen LogP contribution is 2.28. The van der Waals surface area contributed by atoms with Gasteiger partial charge in [-0.15, -0.1) is 0 Å². The summed E-state index contributed by atoms with van der Waals surface area (Å²) in [6.45, 7) is 6.56. The van der Waals surface area contributed by atoms with Crippen LogP contribution in [0.5, 0.6) is 11.5 Å². The van der Waals surface area contributed by atoms with Gasteiger partial charge in [-0.25, -0.2) is 14.0 Å². The average Bonchev–Trinajstić information content (AvgIpc) is 2.56. The Morgan fingerprint density at radius 1 is 0.913 bits per heavy atom. The number of benzene rings is 2. The second-order valence-corrected chi connectivity index (χ2v) is 4.42. The van der Waals surface area contributed by atoms with Crippen LogP contribution in [0.2, 0.25) is 0 Å². The summed E-state index contributed by atoms with van der Waals surface area (Å²) in [5.41, 5.74) is 1.18. The van der Waals surface area contributed by atoms with Crippen molar-refractivity contribution < 1.29 is 23.5 Å². The normalized spacial score (nSPS) is 9.78. The molecule has 0 saturated carbocycles. The van der Waals surface area contributed by atoms with Gasteiger partial charge in [-0.2, -0.15) is 0 Å². The van der Waals surface area contributed by atoms with E-state index in [0.717, 1.165) is 12.2 Å². The SMILES string of the molecule is C=CC(=O)Oc1cccc(-c2ccc(OC(=O)C=C)c(F)c2)c1. The van der Waals surface area contributed by atoms with Crippen molar-refractivity contribution in [2.24, 2.45) is 0 Å². The van der Waals surface area contributed by atoms with E-state index in [2.05, 4.69) is 13.2 Å². The van der Waals surface area contributed by atoms with Gasteiger partial charge in [-0.1, -0.05) is 31.4 Å². The first-order chi connectivity index (χ1) is 11.0. The maximum Gasteiger partial charge on any atom is 0.335 e. The molecule has 0 atom stereocenters. The lowest BCUT2D eigenvalue weighted by atomic mass is 10.1. The lowest BCUT2D eigenvalue weighted by molar-refractivity contribution is -0.129. The molecule has 23 heavy (non-hydrogen) atoms. The Kier molecular flexibility index (Phi) is 5.04. The van der Waals surface area contributed by atoms with Crippen LogP contribution in [-0.2, 0) is 9.59 Å². The summed E-state index contributed by atoms with van der Waals surface area (Å²) in [5, 5.41) is 0. The van der Waals surface area contributed by atoms with Crippen molar-refractivity contribution in [2.45, 2.75) is 0 Å². The standard InChI is InChI=1S/C18H13FO4/c1-3-17(20)22-14-7-5-6-12(10-14)13-8-9-16(15(19)11-13)23-18(21)4-2/h3-11H,1-2H2. The zero-order chi connectivity index (χ0) is 16.8. The van der Waals surface area contributed by atoms with E-state index in [1.165, 1.54) is 12.1 Å². The van der Waals surface area contributed by atoms with Crippen molar-refractivity contribution in [2.75, 3.05) is 0 Å². The summed E-state index contributed by atoms with van der Waals surface area (Å²) in [5.74, 6) is -1.89. The maximum absolute atomic E-state index is 14.0. The summed E-state index contributed by atoms with van der Waals surface area (Å²) in [4.78, 5) is 22.3. The Balaban J connectivity index is 2.28. The number of ether oxygens (including phenoxy) is 2. The summed E-state index contributed by atoms with van der Waals surface area (Å²) in [7, 11) is 0. The van der Waals surface area contributed by atoms with Gasteiger partial charge in [-0.3, -0.25) is 0 Å². The Hall–Kier alpha value is -3.21. The van der Waals surface area contributed by atoms with Crippen LogP contribution in [0.15, 0.2) is 67.8 Å². The first-order valence-electron chi connectivity index (χ1n) is 6.62. The van der Waals surface area contributed by atoms with Crippen LogP contribution in [0, 0.1) is 5.82 Å². The number of esters is 2.